The number of nitrogens with one attached hydrogen (secondary N) is 2. The van der Waals surface area contributed by atoms with Crippen LogP contribution in [0, 0.1) is 17.0 Å². The summed E-state index contributed by atoms with van der Waals surface area (Å²) < 4.78 is 6.89. The number of non-ortho nitro benzene ring substituents is 1. The minimum atomic E-state index is -0.496. The lowest BCUT2D eigenvalue weighted by atomic mass is 10.1. The van der Waals surface area contributed by atoms with Crippen molar-refractivity contribution in [3.8, 4) is 5.69 Å². The number of fused-ring (bicyclic) bond motifs is 1. The molecule has 0 spiro atoms. The summed E-state index contributed by atoms with van der Waals surface area (Å²) in [6.07, 6.45) is 2.59. The fourth-order valence-electron chi connectivity index (χ4n) is 4.74. The Hall–Kier alpha value is -4.56. The maximum absolute atomic E-state index is 13.1. The molecule has 0 atom stereocenters. The third-order valence-electron chi connectivity index (χ3n) is 6.69. The van der Waals surface area contributed by atoms with Crippen molar-refractivity contribution in [2.75, 3.05) is 17.7 Å². The van der Waals surface area contributed by atoms with Crippen LogP contribution in [0.25, 0.3) is 5.69 Å². The van der Waals surface area contributed by atoms with Gasteiger partial charge in [-0.15, -0.1) is 21.5 Å². The maximum Gasteiger partial charge on any atom is 0.341 e. The molecule has 1 aliphatic rings. The smallest absolute Gasteiger partial charge is 0.341 e. The molecule has 2 heterocycles. The highest BCUT2D eigenvalue weighted by Gasteiger charge is 2.28. The monoisotopic (exact) mass is 620 g/mol. The topological polar surface area (TPSA) is 158 Å². The first-order chi connectivity index (χ1) is 20.7. The average molecular weight is 621 g/mol. The van der Waals surface area contributed by atoms with Crippen molar-refractivity contribution in [2.24, 2.45) is 0 Å². The van der Waals surface area contributed by atoms with E-state index in [-0.39, 0.29) is 36.4 Å². The van der Waals surface area contributed by atoms with Gasteiger partial charge in [-0.3, -0.25) is 24.3 Å². The lowest BCUT2D eigenvalue weighted by Gasteiger charge is -2.11. The molecule has 2 aromatic heterocycles. The van der Waals surface area contributed by atoms with E-state index in [0.717, 1.165) is 47.0 Å². The number of amides is 2. The van der Waals surface area contributed by atoms with Gasteiger partial charge in [0.25, 0.3) is 11.6 Å². The highest BCUT2D eigenvalue weighted by molar-refractivity contribution is 7.99. The second kappa shape index (κ2) is 13.2. The Morgan fingerprint density at radius 2 is 1.93 bits per heavy atom. The summed E-state index contributed by atoms with van der Waals surface area (Å²) in [5, 5.41) is 26.2. The Morgan fingerprint density at radius 3 is 2.65 bits per heavy atom. The Morgan fingerprint density at radius 1 is 1.14 bits per heavy atom. The van der Waals surface area contributed by atoms with E-state index in [1.807, 2.05) is 13.0 Å². The first-order valence-electron chi connectivity index (χ1n) is 13.5. The summed E-state index contributed by atoms with van der Waals surface area (Å²) in [5.41, 5.74) is 3.26. The molecular weight excluding hydrogens is 592 g/mol. The van der Waals surface area contributed by atoms with Gasteiger partial charge in [-0.25, -0.2) is 4.79 Å². The SMILES string of the molecule is CCOC(=O)c1c(NC(=O)CSc2nnc(CNC(=O)c3cccc(C)c3)n2-c2ccc([N+](=O)[O-])cc2)sc2c1CCC2. The zero-order valence-electron chi connectivity index (χ0n) is 23.4. The van der Waals surface area contributed by atoms with Crippen LogP contribution < -0.4 is 10.6 Å². The molecule has 1 aliphatic carbocycles. The largest absolute Gasteiger partial charge is 0.462 e. The average Bonchev–Trinajstić information content (AvgIpc) is 3.69. The van der Waals surface area contributed by atoms with Crippen LogP contribution in [0.15, 0.2) is 53.7 Å². The molecule has 0 aliphatic heterocycles. The number of nitro groups is 1. The minimum Gasteiger partial charge on any atom is -0.462 e. The lowest BCUT2D eigenvalue weighted by Crippen LogP contribution is -2.24. The predicted octanol–water partition coefficient (Wildman–Crippen LogP) is 4.87. The van der Waals surface area contributed by atoms with E-state index in [1.165, 1.54) is 23.5 Å². The van der Waals surface area contributed by atoms with Crippen molar-refractivity contribution in [3.05, 3.63) is 91.6 Å². The van der Waals surface area contributed by atoms with Crippen molar-refractivity contribution in [1.29, 1.82) is 0 Å². The van der Waals surface area contributed by atoms with Crippen LogP contribution in [0.3, 0.4) is 0 Å². The highest BCUT2D eigenvalue weighted by Crippen LogP contribution is 2.39. The number of ether oxygens (including phenoxy) is 1. The molecular formula is C29H28N6O6S2. The third kappa shape index (κ3) is 6.75. The number of thiophene rings is 1. The maximum atomic E-state index is 13.1. The first kappa shape index (κ1) is 29.9. The molecule has 2 amide bonds. The number of rotatable bonds is 11. The Balaban J connectivity index is 1.34. The van der Waals surface area contributed by atoms with Crippen molar-refractivity contribution in [2.45, 2.75) is 44.8 Å². The normalized spacial score (nSPS) is 12.0. The number of nitro benzene ring substituents is 1. The van der Waals surface area contributed by atoms with Gasteiger partial charge in [0.15, 0.2) is 11.0 Å². The number of carbonyl (C=O) groups excluding carboxylic acids is 3. The van der Waals surface area contributed by atoms with Gasteiger partial charge in [0.2, 0.25) is 5.91 Å². The molecule has 14 heteroatoms. The molecule has 2 aromatic carbocycles. The van der Waals surface area contributed by atoms with E-state index in [1.54, 1.807) is 41.8 Å². The third-order valence-corrected chi connectivity index (χ3v) is 8.83. The molecule has 0 unspecified atom stereocenters. The Labute approximate surface area is 255 Å². The number of nitrogens with zero attached hydrogens (tertiary/aromatic N) is 4. The van der Waals surface area contributed by atoms with Crippen LogP contribution in [0.4, 0.5) is 10.7 Å². The second-order valence-corrected chi connectivity index (χ2v) is 11.7. The van der Waals surface area contributed by atoms with Crippen LogP contribution in [0.2, 0.25) is 0 Å². The number of benzene rings is 2. The zero-order chi connectivity index (χ0) is 30.5. The number of hydrogen-bond donors (Lipinski definition) is 2. The van der Waals surface area contributed by atoms with Crippen molar-refractivity contribution in [3.63, 3.8) is 0 Å². The molecule has 0 bridgehead atoms. The van der Waals surface area contributed by atoms with Crippen LogP contribution in [-0.4, -0.2) is 49.8 Å². The fraction of sp³-hybridized carbons (Fsp3) is 0.276. The molecule has 4 aromatic rings. The van der Waals surface area contributed by atoms with E-state index in [0.29, 0.717) is 32.8 Å². The summed E-state index contributed by atoms with van der Waals surface area (Å²) in [4.78, 5) is 50.3. The predicted molar refractivity (Wildman–Crippen MR) is 162 cm³/mol. The summed E-state index contributed by atoms with van der Waals surface area (Å²) >= 11 is 2.51. The number of carbonyl (C=O) groups is 3. The fourth-order valence-corrected chi connectivity index (χ4v) is 6.81. The lowest BCUT2D eigenvalue weighted by molar-refractivity contribution is -0.384. The van der Waals surface area contributed by atoms with Crippen molar-refractivity contribution < 1.29 is 24.0 Å². The quantitative estimate of drug-likeness (QED) is 0.103. The van der Waals surface area contributed by atoms with Gasteiger partial charge < -0.3 is 15.4 Å². The number of hydrogen-bond acceptors (Lipinski definition) is 10. The summed E-state index contributed by atoms with van der Waals surface area (Å²) in [7, 11) is 0. The van der Waals surface area contributed by atoms with E-state index < -0.39 is 10.9 Å². The van der Waals surface area contributed by atoms with E-state index >= 15 is 0 Å². The van der Waals surface area contributed by atoms with Gasteiger partial charge in [-0.2, -0.15) is 0 Å². The van der Waals surface area contributed by atoms with E-state index in [2.05, 4.69) is 20.8 Å². The first-order valence-corrected chi connectivity index (χ1v) is 15.3. The Bertz CT molecular complexity index is 1700. The molecule has 0 radical (unpaired) electrons. The van der Waals surface area contributed by atoms with Crippen LogP contribution in [0.5, 0.6) is 0 Å². The van der Waals surface area contributed by atoms with Crippen molar-refractivity contribution in [1.82, 2.24) is 20.1 Å². The summed E-state index contributed by atoms with van der Waals surface area (Å²) in [5.74, 6) is -0.762. The molecule has 0 saturated heterocycles. The number of aromatic nitrogens is 3. The summed E-state index contributed by atoms with van der Waals surface area (Å²) in [6, 6.07) is 13.0. The molecule has 2 N–H and O–H groups in total. The van der Waals surface area contributed by atoms with Crippen LogP contribution >= 0.6 is 23.1 Å². The molecule has 12 nitrogen and oxygen atoms in total. The van der Waals surface area contributed by atoms with Gasteiger partial charge in [-0.1, -0.05) is 29.5 Å². The van der Waals surface area contributed by atoms with Gasteiger partial charge >= 0.3 is 5.97 Å². The standard InChI is InChI=1S/C29H28N6O6S2/c1-3-41-28(38)25-21-8-5-9-22(21)43-27(25)31-24(36)16-42-29-33-32-23(15-30-26(37)18-7-4-6-17(2)14-18)34(29)19-10-12-20(13-11-19)35(39)40/h4,6-7,10-14H,3,5,8-9,15-16H2,1-2H3,(H,30,37)(H,31,36). The number of anilines is 1. The zero-order valence-corrected chi connectivity index (χ0v) is 25.0. The van der Waals surface area contributed by atoms with Gasteiger partial charge in [0.1, 0.15) is 5.00 Å². The number of thioether (sulfide) groups is 1. The second-order valence-electron chi connectivity index (χ2n) is 9.68. The Kier molecular flexibility index (Phi) is 9.16. The summed E-state index contributed by atoms with van der Waals surface area (Å²) in [6.45, 7) is 3.89. The molecule has 43 heavy (non-hydrogen) atoms. The number of esters is 1. The highest BCUT2D eigenvalue weighted by atomic mass is 32.2. The number of aryl methyl sites for hydroxylation is 2. The molecule has 0 saturated carbocycles. The van der Waals surface area contributed by atoms with Crippen molar-refractivity contribution >= 4 is 51.6 Å². The van der Waals surface area contributed by atoms with Gasteiger partial charge in [-0.05, 0) is 62.9 Å². The van der Waals surface area contributed by atoms with Gasteiger partial charge in [0, 0.05) is 28.3 Å². The van der Waals surface area contributed by atoms with E-state index in [4.69, 9.17) is 4.74 Å². The molecule has 5 rings (SSSR count). The van der Waals surface area contributed by atoms with Crippen LogP contribution in [0.1, 0.15) is 55.9 Å². The van der Waals surface area contributed by atoms with E-state index in [9.17, 15) is 24.5 Å². The molecule has 222 valence electrons. The van der Waals surface area contributed by atoms with Gasteiger partial charge in [0.05, 0.1) is 29.4 Å². The molecule has 0 fully saturated rings. The van der Waals surface area contributed by atoms with Crippen LogP contribution in [-0.2, 0) is 28.9 Å². The minimum absolute atomic E-state index is 0.0210.